The summed E-state index contributed by atoms with van der Waals surface area (Å²) in [6, 6.07) is 15.5. The summed E-state index contributed by atoms with van der Waals surface area (Å²) in [6.07, 6.45) is 0. The Morgan fingerprint density at radius 3 is 1.71 bits per heavy atom. The standard InChI is InChI=1S/C30H26F6S2/c1-15(2)25-21(17(5)27(38-25)18-11-7-6-8-12-18)23-24(29(33,34)30(35,36)28(23,31)32)22-19-13-9-10-14-20(19)37-26(22)16(3)4/h6-16H,1-5H3. The van der Waals surface area contributed by atoms with Gasteiger partial charge in [-0.25, -0.2) is 0 Å². The summed E-state index contributed by atoms with van der Waals surface area (Å²) in [6.45, 7) is 8.57. The number of fused-ring (bicyclic) bond motifs is 1. The largest absolute Gasteiger partial charge is 0.380 e. The number of thiophene rings is 2. The van der Waals surface area contributed by atoms with Gasteiger partial charge < -0.3 is 0 Å². The molecule has 2 heterocycles. The fourth-order valence-corrected chi connectivity index (χ4v) is 7.77. The summed E-state index contributed by atoms with van der Waals surface area (Å²) < 4.78 is 94.7. The van der Waals surface area contributed by atoms with Crippen LogP contribution in [0.1, 0.15) is 66.0 Å². The minimum absolute atomic E-state index is 0.189. The Hall–Kier alpha value is -2.58. The highest BCUT2D eigenvalue weighted by molar-refractivity contribution is 7.19. The van der Waals surface area contributed by atoms with Crippen LogP contribution in [0.15, 0.2) is 54.6 Å². The van der Waals surface area contributed by atoms with Gasteiger partial charge in [-0.15, -0.1) is 22.7 Å². The zero-order chi connectivity index (χ0) is 27.8. The van der Waals surface area contributed by atoms with Crippen molar-refractivity contribution in [2.24, 2.45) is 0 Å². The van der Waals surface area contributed by atoms with E-state index in [-0.39, 0.29) is 28.3 Å². The second kappa shape index (κ2) is 8.98. The molecular formula is C30H26F6S2. The lowest BCUT2D eigenvalue weighted by Crippen LogP contribution is -2.49. The van der Waals surface area contributed by atoms with Crippen LogP contribution in [-0.2, 0) is 0 Å². The molecule has 5 rings (SSSR count). The Kier molecular flexibility index (Phi) is 6.38. The molecule has 0 amide bonds. The molecule has 1 aliphatic rings. The molecule has 0 unspecified atom stereocenters. The molecular weight excluding hydrogens is 538 g/mol. The molecule has 0 radical (unpaired) electrons. The fraction of sp³-hybridized carbons (Fsp3) is 0.333. The van der Waals surface area contributed by atoms with Crippen LogP contribution >= 0.6 is 22.7 Å². The first-order valence-electron chi connectivity index (χ1n) is 12.3. The SMILES string of the molecule is Cc1c(-c2ccccc2)sc(C(C)C)c1C1=C(c2c(C(C)C)sc3ccccc23)C(F)(F)C(F)(F)C1(F)F. The second-order valence-corrected chi connectivity index (χ2v) is 12.4. The number of benzene rings is 2. The van der Waals surface area contributed by atoms with Gasteiger partial charge in [-0.05, 0) is 36.0 Å². The van der Waals surface area contributed by atoms with Crippen molar-refractivity contribution >= 4 is 43.9 Å². The number of halogens is 6. The predicted molar refractivity (Wildman–Crippen MR) is 146 cm³/mol. The monoisotopic (exact) mass is 564 g/mol. The quantitative estimate of drug-likeness (QED) is 0.212. The van der Waals surface area contributed by atoms with E-state index >= 15 is 26.3 Å². The van der Waals surface area contributed by atoms with Crippen molar-refractivity contribution in [3.63, 3.8) is 0 Å². The first-order chi connectivity index (χ1) is 17.7. The Morgan fingerprint density at radius 1 is 0.632 bits per heavy atom. The third kappa shape index (κ3) is 3.63. The topological polar surface area (TPSA) is 0 Å². The molecule has 38 heavy (non-hydrogen) atoms. The van der Waals surface area contributed by atoms with Gasteiger partial charge in [0.05, 0.1) is 0 Å². The van der Waals surface area contributed by atoms with Crippen LogP contribution in [0.5, 0.6) is 0 Å². The third-order valence-electron chi connectivity index (χ3n) is 7.05. The Morgan fingerprint density at radius 2 is 1.13 bits per heavy atom. The highest BCUT2D eigenvalue weighted by Crippen LogP contribution is 2.67. The van der Waals surface area contributed by atoms with Crippen molar-refractivity contribution in [1.29, 1.82) is 0 Å². The molecule has 0 bridgehead atoms. The lowest BCUT2D eigenvalue weighted by molar-refractivity contribution is -0.254. The van der Waals surface area contributed by atoms with Crippen LogP contribution in [0.2, 0.25) is 0 Å². The van der Waals surface area contributed by atoms with E-state index in [9.17, 15) is 0 Å². The number of allylic oxidation sites excluding steroid dienone is 2. The fourth-order valence-electron chi connectivity index (χ4n) is 5.24. The van der Waals surface area contributed by atoms with Crippen molar-refractivity contribution in [1.82, 2.24) is 0 Å². The molecule has 0 saturated carbocycles. The molecule has 0 nitrogen and oxygen atoms in total. The lowest BCUT2D eigenvalue weighted by atomic mass is 9.87. The van der Waals surface area contributed by atoms with Crippen LogP contribution in [0, 0.1) is 6.92 Å². The van der Waals surface area contributed by atoms with Crippen LogP contribution in [0.4, 0.5) is 26.3 Å². The third-order valence-corrected chi connectivity index (χ3v) is 10.2. The van der Waals surface area contributed by atoms with Gasteiger partial charge in [0.2, 0.25) is 0 Å². The van der Waals surface area contributed by atoms with Gasteiger partial charge in [-0.1, -0.05) is 76.2 Å². The maximum Gasteiger partial charge on any atom is 0.380 e. The molecule has 0 aliphatic heterocycles. The van der Waals surface area contributed by atoms with Crippen molar-refractivity contribution in [3.8, 4) is 10.4 Å². The number of alkyl halides is 6. The van der Waals surface area contributed by atoms with Crippen molar-refractivity contribution in [2.45, 2.75) is 64.2 Å². The van der Waals surface area contributed by atoms with E-state index in [1.807, 2.05) is 0 Å². The number of hydrogen-bond donors (Lipinski definition) is 0. The lowest BCUT2D eigenvalue weighted by Gasteiger charge is -2.26. The van der Waals surface area contributed by atoms with Gasteiger partial charge in [0.15, 0.2) is 0 Å². The molecule has 0 atom stereocenters. The van der Waals surface area contributed by atoms with E-state index in [0.717, 1.165) is 0 Å². The van der Waals surface area contributed by atoms with Gasteiger partial charge in [0, 0.05) is 47.0 Å². The summed E-state index contributed by atoms with van der Waals surface area (Å²) in [5.41, 5.74) is -1.87. The minimum atomic E-state index is -5.60. The maximum absolute atomic E-state index is 15.9. The highest BCUT2D eigenvalue weighted by Gasteiger charge is 2.80. The first kappa shape index (κ1) is 27.0. The molecule has 2 aromatic carbocycles. The van der Waals surface area contributed by atoms with Crippen molar-refractivity contribution in [2.75, 3.05) is 0 Å². The summed E-state index contributed by atoms with van der Waals surface area (Å²) in [7, 11) is 0. The van der Waals surface area contributed by atoms with Gasteiger partial charge in [0.25, 0.3) is 0 Å². The van der Waals surface area contributed by atoms with Crippen molar-refractivity contribution < 1.29 is 26.3 Å². The average Bonchev–Trinajstić information content (AvgIpc) is 3.43. The molecule has 0 fully saturated rings. The van der Waals surface area contributed by atoms with E-state index < -0.39 is 28.9 Å². The summed E-state index contributed by atoms with van der Waals surface area (Å²) in [4.78, 5) is 1.37. The average molecular weight is 565 g/mol. The molecule has 0 saturated heterocycles. The van der Waals surface area contributed by atoms with E-state index in [0.29, 0.717) is 30.5 Å². The summed E-state index contributed by atoms with van der Waals surface area (Å²) >= 11 is 2.37. The van der Waals surface area contributed by atoms with Crippen molar-refractivity contribution in [3.05, 3.63) is 81.0 Å². The first-order valence-corrected chi connectivity index (χ1v) is 14.0. The van der Waals surface area contributed by atoms with E-state index in [1.165, 1.54) is 22.7 Å². The molecule has 200 valence electrons. The zero-order valence-corrected chi connectivity index (χ0v) is 23.1. The van der Waals surface area contributed by atoms with Gasteiger partial charge in [0.1, 0.15) is 0 Å². The van der Waals surface area contributed by atoms with E-state index in [4.69, 9.17) is 0 Å². The predicted octanol–water partition coefficient (Wildman–Crippen LogP) is 11.0. The highest BCUT2D eigenvalue weighted by atomic mass is 32.1. The second-order valence-electron chi connectivity index (χ2n) is 10.3. The van der Waals surface area contributed by atoms with Gasteiger partial charge in [-0.2, -0.15) is 26.3 Å². The normalized spacial score (nSPS) is 18.3. The molecule has 8 heteroatoms. The number of hydrogen-bond acceptors (Lipinski definition) is 2. The Bertz CT molecular complexity index is 1550. The van der Waals surface area contributed by atoms with Gasteiger partial charge >= 0.3 is 17.8 Å². The molecule has 4 aromatic rings. The minimum Gasteiger partial charge on any atom is -0.194 e. The van der Waals surface area contributed by atoms with E-state index in [1.54, 1.807) is 89.2 Å². The van der Waals surface area contributed by atoms with Crippen LogP contribution in [0.25, 0.3) is 31.7 Å². The molecule has 0 spiro atoms. The Labute approximate surface area is 225 Å². The van der Waals surface area contributed by atoms with Gasteiger partial charge in [-0.3, -0.25) is 0 Å². The Balaban J connectivity index is 1.98. The zero-order valence-electron chi connectivity index (χ0n) is 21.4. The molecule has 0 N–H and O–H groups in total. The smallest absolute Gasteiger partial charge is 0.194 e. The molecule has 1 aliphatic carbocycles. The van der Waals surface area contributed by atoms with Crippen LogP contribution in [-0.4, -0.2) is 17.8 Å². The molecule has 2 aromatic heterocycles. The van der Waals surface area contributed by atoms with E-state index in [2.05, 4.69) is 0 Å². The van der Waals surface area contributed by atoms with Crippen LogP contribution < -0.4 is 0 Å². The number of rotatable bonds is 5. The summed E-state index contributed by atoms with van der Waals surface area (Å²) in [5, 5.41) is 0.282. The summed E-state index contributed by atoms with van der Waals surface area (Å²) in [5.74, 6) is -16.5. The maximum atomic E-state index is 15.9. The van der Waals surface area contributed by atoms with Crippen LogP contribution in [0.3, 0.4) is 0 Å².